The Hall–Kier alpha value is -1.71. The molecule has 1 aromatic rings. The average Bonchev–Trinajstić information content (AvgIpc) is 2.91. The van der Waals surface area contributed by atoms with Crippen LogP contribution in [0.25, 0.3) is 0 Å². The number of carbonyl (C=O) groups excluding carboxylic acids is 1. The van der Waals surface area contributed by atoms with Crippen molar-refractivity contribution in [3.8, 4) is 5.75 Å². The summed E-state index contributed by atoms with van der Waals surface area (Å²) in [6.45, 7) is 1.90. The molecule has 4 rings (SSSR count). The summed E-state index contributed by atoms with van der Waals surface area (Å²) < 4.78 is 5.57. The van der Waals surface area contributed by atoms with Crippen LogP contribution in [0.2, 0.25) is 0 Å². The summed E-state index contributed by atoms with van der Waals surface area (Å²) in [6, 6.07) is 9.52. The number of amides is 2. The van der Waals surface area contributed by atoms with E-state index in [0.29, 0.717) is 24.0 Å². The Morgan fingerprint density at radius 1 is 1.04 bits per heavy atom. The number of urea groups is 1. The zero-order valence-corrected chi connectivity index (χ0v) is 14.6. The first-order valence-electron chi connectivity index (χ1n) is 9.48. The lowest BCUT2D eigenvalue weighted by atomic mass is 9.84. The van der Waals surface area contributed by atoms with Gasteiger partial charge in [0.25, 0.3) is 0 Å². The second-order valence-electron chi connectivity index (χ2n) is 7.53. The number of para-hydroxylation sites is 1. The molecule has 4 heteroatoms. The molecule has 0 saturated carbocycles. The molecule has 0 aliphatic carbocycles. The van der Waals surface area contributed by atoms with Gasteiger partial charge in [-0.1, -0.05) is 18.2 Å². The van der Waals surface area contributed by atoms with Crippen LogP contribution < -0.4 is 4.74 Å². The van der Waals surface area contributed by atoms with Crippen molar-refractivity contribution in [2.75, 3.05) is 20.2 Å². The monoisotopic (exact) mass is 328 g/mol. The van der Waals surface area contributed by atoms with Crippen molar-refractivity contribution in [3.63, 3.8) is 0 Å². The molecule has 130 valence electrons. The molecule has 3 heterocycles. The minimum atomic E-state index is 0.306. The van der Waals surface area contributed by atoms with Gasteiger partial charge in [0.2, 0.25) is 0 Å². The van der Waals surface area contributed by atoms with Gasteiger partial charge in [-0.05, 0) is 62.5 Å². The molecule has 0 aromatic heterocycles. The van der Waals surface area contributed by atoms with Gasteiger partial charge in [0.15, 0.2) is 0 Å². The van der Waals surface area contributed by atoms with E-state index in [1.807, 2.05) is 6.07 Å². The maximum atomic E-state index is 13.0. The molecule has 24 heavy (non-hydrogen) atoms. The Morgan fingerprint density at radius 3 is 2.38 bits per heavy atom. The third kappa shape index (κ3) is 2.76. The molecule has 3 saturated heterocycles. The molecule has 3 atom stereocenters. The van der Waals surface area contributed by atoms with E-state index in [0.717, 1.165) is 44.5 Å². The lowest BCUT2D eigenvalue weighted by molar-refractivity contribution is 0.0988. The van der Waals surface area contributed by atoms with Crippen LogP contribution in [-0.4, -0.2) is 48.1 Å². The number of ether oxygens (including phenoxy) is 1. The van der Waals surface area contributed by atoms with E-state index in [9.17, 15) is 4.79 Å². The van der Waals surface area contributed by atoms with Gasteiger partial charge in [0.05, 0.1) is 7.11 Å². The van der Waals surface area contributed by atoms with Gasteiger partial charge in [0.1, 0.15) is 5.75 Å². The van der Waals surface area contributed by atoms with Crippen LogP contribution in [0.5, 0.6) is 5.75 Å². The number of rotatable bonds is 2. The fourth-order valence-electron chi connectivity index (χ4n) is 5.00. The Kier molecular flexibility index (Phi) is 4.38. The van der Waals surface area contributed by atoms with E-state index < -0.39 is 0 Å². The maximum Gasteiger partial charge on any atom is 0.320 e. The third-order valence-electron chi connectivity index (χ3n) is 6.16. The molecule has 3 aliphatic rings. The number of benzene rings is 1. The largest absolute Gasteiger partial charge is 0.496 e. The van der Waals surface area contributed by atoms with Crippen LogP contribution in [0.15, 0.2) is 24.3 Å². The van der Waals surface area contributed by atoms with E-state index in [1.165, 1.54) is 24.8 Å². The Morgan fingerprint density at radius 2 is 1.71 bits per heavy atom. The Bertz CT molecular complexity index is 583. The summed E-state index contributed by atoms with van der Waals surface area (Å²) in [5.41, 5.74) is 1.32. The Balaban J connectivity index is 1.50. The zero-order valence-electron chi connectivity index (χ0n) is 14.6. The molecular formula is C20H28N2O2. The van der Waals surface area contributed by atoms with Gasteiger partial charge in [0, 0.05) is 25.2 Å². The van der Waals surface area contributed by atoms with Crippen molar-refractivity contribution in [1.29, 1.82) is 0 Å². The molecule has 2 amide bonds. The minimum Gasteiger partial charge on any atom is -0.496 e. The maximum absolute atomic E-state index is 13.0. The second kappa shape index (κ2) is 6.66. The van der Waals surface area contributed by atoms with E-state index >= 15 is 0 Å². The number of hydrogen-bond acceptors (Lipinski definition) is 2. The van der Waals surface area contributed by atoms with E-state index in [2.05, 4.69) is 28.0 Å². The van der Waals surface area contributed by atoms with E-state index in [1.54, 1.807) is 7.11 Å². The molecule has 2 bridgehead atoms. The predicted octanol–water partition coefficient (Wildman–Crippen LogP) is 4.01. The first-order chi connectivity index (χ1) is 11.8. The summed E-state index contributed by atoms with van der Waals surface area (Å²) in [4.78, 5) is 17.3. The van der Waals surface area contributed by atoms with Crippen molar-refractivity contribution in [2.45, 2.75) is 62.9 Å². The normalized spacial score (nSPS) is 29.6. The number of hydrogen-bond donors (Lipinski definition) is 0. The molecular weight excluding hydrogens is 300 g/mol. The number of methoxy groups -OCH3 is 1. The predicted molar refractivity (Wildman–Crippen MR) is 94.4 cm³/mol. The molecule has 0 spiro atoms. The van der Waals surface area contributed by atoms with Crippen molar-refractivity contribution >= 4 is 6.03 Å². The first kappa shape index (κ1) is 15.8. The van der Waals surface area contributed by atoms with Crippen LogP contribution >= 0.6 is 0 Å². The van der Waals surface area contributed by atoms with E-state index in [4.69, 9.17) is 4.74 Å². The van der Waals surface area contributed by atoms with Gasteiger partial charge in [-0.25, -0.2) is 4.79 Å². The van der Waals surface area contributed by atoms with Crippen molar-refractivity contribution < 1.29 is 9.53 Å². The quantitative estimate of drug-likeness (QED) is 0.822. The highest BCUT2D eigenvalue weighted by molar-refractivity contribution is 5.76. The van der Waals surface area contributed by atoms with Crippen LogP contribution in [0, 0.1) is 0 Å². The molecule has 0 N–H and O–H groups in total. The standard InChI is InChI=1S/C20H28N2O2/c1-24-19-8-4-3-7-18(19)15-13-16-9-10-17(14-15)22(16)20(23)21-11-5-2-6-12-21/h3-4,7-8,15-17H,2,5-6,9-14H2,1H3/t15-,16+,17-. The fourth-order valence-corrected chi connectivity index (χ4v) is 5.00. The van der Waals surface area contributed by atoms with Gasteiger partial charge < -0.3 is 14.5 Å². The van der Waals surface area contributed by atoms with Gasteiger partial charge >= 0.3 is 6.03 Å². The number of nitrogens with zero attached hydrogens (tertiary/aromatic N) is 2. The number of carbonyl (C=O) groups is 1. The second-order valence-corrected chi connectivity index (χ2v) is 7.53. The number of likely N-dealkylation sites (tertiary alicyclic amines) is 1. The van der Waals surface area contributed by atoms with Gasteiger partial charge in [-0.2, -0.15) is 0 Å². The molecule has 1 aromatic carbocycles. The highest BCUT2D eigenvalue weighted by Gasteiger charge is 2.45. The van der Waals surface area contributed by atoms with Crippen LogP contribution in [0.3, 0.4) is 0 Å². The minimum absolute atomic E-state index is 0.306. The molecule has 3 aliphatic heterocycles. The summed E-state index contributed by atoms with van der Waals surface area (Å²) >= 11 is 0. The topological polar surface area (TPSA) is 32.8 Å². The summed E-state index contributed by atoms with van der Waals surface area (Å²) in [5, 5.41) is 0. The molecule has 0 radical (unpaired) electrons. The fraction of sp³-hybridized carbons (Fsp3) is 0.650. The number of fused-ring (bicyclic) bond motifs is 2. The van der Waals surface area contributed by atoms with Crippen LogP contribution in [-0.2, 0) is 0 Å². The summed E-state index contributed by atoms with van der Waals surface area (Å²) in [6.07, 6.45) is 8.09. The summed E-state index contributed by atoms with van der Waals surface area (Å²) in [5.74, 6) is 1.52. The Labute approximate surface area is 144 Å². The number of piperidine rings is 2. The highest BCUT2D eigenvalue weighted by atomic mass is 16.5. The molecule has 4 nitrogen and oxygen atoms in total. The SMILES string of the molecule is COc1ccccc1[C@H]1C[C@H]2CC[C@@H](C1)N2C(=O)N1CCCCC1. The lowest BCUT2D eigenvalue weighted by Crippen LogP contribution is -2.53. The van der Waals surface area contributed by atoms with Crippen LogP contribution in [0.4, 0.5) is 4.79 Å². The van der Waals surface area contributed by atoms with E-state index in [-0.39, 0.29) is 0 Å². The van der Waals surface area contributed by atoms with Gasteiger partial charge in [-0.3, -0.25) is 0 Å². The molecule has 3 fully saturated rings. The average molecular weight is 328 g/mol. The zero-order chi connectivity index (χ0) is 16.5. The van der Waals surface area contributed by atoms with Crippen molar-refractivity contribution in [1.82, 2.24) is 9.80 Å². The van der Waals surface area contributed by atoms with Crippen molar-refractivity contribution in [3.05, 3.63) is 29.8 Å². The third-order valence-corrected chi connectivity index (χ3v) is 6.16. The highest BCUT2D eigenvalue weighted by Crippen LogP contribution is 2.45. The summed E-state index contributed by atoms with van der Waals surface area (Å²) in [7, 11) is 1.75. The van der Waals surface area contributed by atoms with Crippen molar-refractivity contribution in [2.24, 2.45) is 0 Å². The van der Waals surface area contributed by atoms with Gasteiger partial charge in [-0.15, -0.1) is 0 Å². The smallest absolute Gasteiger partial charge is 0.320 e. The molecule has 0 unspecified atom stereocenters. The lowest BCUT2D eigenvalue weighted by Gasteiger charge is -2.42. The van der Waals surface area contributed by atoms with Crippen LogP contribution in [0.1, 0.15) is 56.4 Å². The first-order valence-corrected chi connectivity index (χ1v) is 9.48.